The van der Waals surface area contributed by atoms with E-state index in [0.717, 1.165) is 43.2 Å². The van der Waals surface area contributed by atoms with E-state index in [-0.39, 0.29) is 11.7 Å². The number of fused-ring (bicyclic) bond motifs is 2. The number of nitrogens with one attached hydrogen (secondary N) is 1. The molecule has 0 radical (unpaired) electrons. The summed E-state index contributed by atoms with van der Waals surface area (Å²) in [6.07, 6.45) is 3.68. The third-order valence-electron chi connectivity index (χ3n) is 6.32. The zero-order valence-electron chi connectivity index (χ0n) is 16.5. The normalized spacial score (nSPS) is 20.0. The summed E-state index contributed by atoms with van der Waals surface area (Å²) in [5, 5.41) is 14.5. The number of hydrogen-bond donors (Lipinski definition) is 2. The zero-order chi connectivity index (χ0) is 20.6. The van der Waals surface area contributed by atoms with E-state index < -0.39 is 17.6 Å². The number of aliphatic hydroxyl groups is 1. The predicted octanol–water partition coefficient (Wildman–Crippen LogP) is 4.35. The van der Waals surface area contributed by atoms with Crippen LogP contribution in [0.15, 0.2) is 42.5 Å². The van der Waals surface area contributed by atoms with Gasteiger partial charge in [0.15, 0.2) is 0 Å². The lowest BCUT2D eigenvalue weighted by Crippen LogP contribution is -2.47. The molecule has 4 nitrogen and oxygen atoms in total. The minimum absolute atomic E-state index is 0.0436. The first kappa shape index (κ1) is 20.3. The first-order valence-electron chi connectivity index (χ1n) is 10.2. The van der Waals surface area contributed by atoms with Gasteiger partial charge in [0, 0.05) is 11.6 Å². The van der Waals surface area contributed by atoms with E-state index in [1.54, 1.807) is 36.2 Å². The van der Waals surface area contributed by atoms with Crippen LogP contribution in [0.1, 0.15) is 49.3 Å². The van der Waals surface area contributed by atoms with Crippen molar-refractivity contribution in [2.45, 2.75) is 49.7 Å². The summed E-state index contributed by atoms with van der Waals surface area (Å²) in [6, 6.07) is 11.2. The van der Waals surface area contributed by atoms with Gasteiger partial charge in [0.05, 0.1) is 23.2 Å². The summed E-state index contributed by atoms with van der Waals surface area (Å²) in [7, 11) is 1.75. The Balaban J connectivity index is 1.88. The minimum Gasteiger partial charge on any atom is -0.389 e. The van der Waals surface area contributed by atoms with Gasteiger partial charge in [-0.05, 0) is 55.3 Å². The average Bonchev–Trinajstić information content (AvgIpc) is 2.91. The highest BCUT2D eigenvalue weighted by Gasteiger charge is 2.53. The predicted molar refractivity (Wildman–Crippen MR) is 113 cm³/mol. The Bertz CT molecular complexity index is 914. The highest BCUT2D eigenvalue weighted by atomic mass is 35.5. The molecule has 1 saturated carbocycles. The van der Waals surface area contributed by atoms with Gasteiger partial charge in [0.25, 0.3) is 0 Å². The Hall–Kier alpha value is -1.95. The molecule has 1 amide bonds. The number of amides is 1. The topological polar surface area (TPSA) is 52.6 Å². The standard InChI is InChI=1S/C23H26ClFN2O2/c1-26-14-20(28)21(15-6-5-7-16(24)12-15)27-19-13-17(25)8-9-18(19)23(22(27)29)10-3-2-4-11-23/h5-9,12-13,20-21,26,28H,2-4,10-11,14H2,1H3/t20-,21+/m1/s1. The van der Waals surface area contributed by atoms with Crippen LogP contribution in [0.2, 0.25) is 5.02 Å². The third-order valence-corrected chi connectivity index (χ3v) is 6.55. The highest BCUT2D eigenvalue weighted by molar-refractivity contribution is 6.30. The van der Waals surface area contributed by atoms with Gasteiger partial charge in [0.2, 0.25) is 5.91 Å². The van der Waals surface area contributed by atoms with Crippen molar-refractivity contribution in [3.63, 3.8) is 0 Å². The SMILES string of the molecule is CNC[C@@H](O)[C@H](c1cccc(Cl)c1)N1C(=O)C2(CCCCC2)c2ccc(F)cc21. The Morgan fingerprint density at radius 2 is 1.97 bits per heavy atom. The van der Waals surface area contributed by atoms with Crippen LogP contribution in [0.5, 0.6) is 0 Å². The van der Waals surface area contributed by atoms with Gasteiger partial charge in [-0.2, -0.15) is 0 Å². The molecule has 1 fully saturated rings. The van der Waals surface area contributed by atoms with Gasteiger partial charge in [-0.25, -0.2) is 4.39 Å². The van der Waals surface area contributed by atoms with Gasteiger partial charge in [-0.15, -0.1) is 0 Å². The number of nitrogens with zero attached hydrogens (tertiary/aromatic N) is 1. The molecular formula is C23H26ClFN2O2. The Morgan fingerprint density at radius 1 is 1.21 bits per heavy atom. The smallest absolute Gasteiger partial charge is 0.238 e. The first-order chi connectivity index (χ1) is 14.0. The Labute approximate surface area is 175 Å². The molecule has 154 valence electrons. The molecule has 0 unspecified atom stereocenters. The number of aliphatic hydroxyl groups excluding tert-OH is 1. The molecule has 0 aromatic heterocycles. The zero-order valence-corrected chi connectivity index (χ0v) is 17.3. The molecule has 1 heterocycles. The molecule has 6 heteroatoms. The molecule has 2 aromatic rings. The maximum atomic E-state index is 14.3. The van der Waals surface area contributed by atoms with E-state index in [2.05, 4.69) is 5.32 Å². The number of benzene rings is 2. The molecule has 2 N–H and O–H groups in total. The van der Waals surface area contributed by atoms with Gasteiger partial charge in [-0.1, -0.05) is 49.1 Å². The van der Waals surface area contributed by atoms with Gasteiger partial charge < -0.3 is 15.3 Å². The fraction of sp³-hybridized carbons (Fsp3) is 0.435. The number of hydrogen-bond acceptors (Lipinski definition) is 3. The molecule has 0 bridgehead atoms. The molecule has 29 heavy (non-hydrogen) atoms. The first-order valence-corrected chi connectivity index (χ1v) is 10.6. The van der Waals surface area contributed by atoms with Crippen LogP contribution >= 0.6 is 11.6 Å². The van der Waals surface area contributed by atoms with E-state index in [9.17, 15) is 14.3 Å². The van der Waals surface area contributed by atoms with Crippen molar-refractivity contribution in [1.82, 2.24) is 5.32 Å². The second kappa shape index (κ2) is 8.05. The molecule has 0 saturated heterocycles. The highest BCUT2D eigenvalue weighted by Crippen LogP contribution is 2.53. The van der Waals surface area contributed by atoms with Crippen LogP contribution < -0.4 is 10.2 Å². The number of carbonyl (C=O) groups is 1. The quantitative estimate of drug-likeness (QED) is 0.761. The fourth-order valence-corrected chi connectivity index (χ4v) is 5.23. The van der Waals surface area contributed by atoms with Crippen molar-refractivity contribution in [3.8, 4) is 0 Å². The van der Waals surface area contributed by atoms with Gasteiger partial charge >= 0.3 is 0 Å². The molecule has 1 aliphatic carbocycles. The third kappa shape index (κ3) is 3.45. The van der Waals surface area contributed by atoms with E-state index in [1.165, 1.54) is 12.1 Å². The molecule has 2 aromatic carbocycles. The summed E-state index contributed by atoms with van der Waals surface area (Å²) in [5.74, 6) is -0.430. The lowest BCUT2D eigenvalue weighted by Gasteiger charge is -2.36. The second-order valence-corrected chi connectivity index (χ2v) is 8.54. The van der Waals surface area contributed by atoms with Crippen molar-refractivity contribution in [3.05, 3.63) is 64.4 Å². The van der Waals surface area contributed by atoms with Gasteiger partial charge in [0.1, 0.15) is 5.82 Å². The Kier molecular flexibility index (Phi) is 5.65. The molecular weight excluding hydrogens is 391 g/mol. The number of rotatable bonds is 5. The largest absolute Gasteiger partial charge is 0.389 e. The molecule has 2 atom stereocenters. The monoisotopic (exact) mass is 416 g/mol. The lowest BCUT2D eigenvalue weighted by molar-refractivity contribution is -0.125. The number of halogens is 2. The number of likely N-dealkylation sites (N-methyl/N-ethyl adjacent to an activating group) is 1. The average molecular weight is 417 g/mol. The molecule has 1 spiro atoms. The summed E-state index contributed by atoms with van der Waals surface area (Å²) in [5.41, 5.74) is 1.55. The number of anilines is 1. The van der Waals surface area contributed by atoms with Crippen LogP contribution in [0.4, 0.5) is 10.1 Å². The number of carbonyl (C=O) groups excluding carboxylic acids is 1. The van der Waals surface area contributed by atoms with Crippen LogP contribution in [0.3, 0.4) is 0 Å². The maximum Gasteiger partial charge on any atom is 0.238 e. The van der Waals surface area contributed by atoms with Crippen LogP contribution in [0, 0.1) is 5.82 Å². The summed E-state index contributed by atoms with van der Waals surface area (Å²) < 4.78 is 14.3. The van der Waals surface area contributed by atoms with Crippen LogP contribution in [0.25, 0.3) is 0 Å². The minimum atomic E-state index is -0.878. The van der Waals surface area contributed by atoms with Crippen molar-refractivity contribution < 1.29 is 14.3 Å². The second-order valence-electron chi connectivity index (χ2n) is 8.10. The molecule has 2 aliphatic rings. The lowest BCUT2D eigenvalue weighted by atomic mass is 9.70. The summed E-state index contributed by atoms with van der Waals surface area (Å²) in [4.78, 5) is 15.5. The van der Waals surface area contributed by atoms with Crippen molar-refractivity contribution in [2.75, 3.05) is 18.5 Å². The van der Waals surface area contributed by atoms with Crippen molar-refractivity contribution >= 4 is 23.2 Å². The van der Waals surface area contributed by atoms with Gasteiger partial charge in [-0.3, -0.25) is 4.79 Å². The molecule has 4 rings (SSSR count). The van der Waals surface area contributed by atoms with E-state index in [0.29, 0.717) is 17.3 Å². The maximum absolute atomic E-state index is 14.3. The van der Waals surface area contributed by atoms with Crippen LogP contribution in [-0.4, -0.2) is 30.7 Å². The summed E-state index contributed by atoms with van der Waals surface area (Å²) in [6.45, 7) is 0.290. The van der Waals surface area contributed by atoms with Crippen molar-refractivity contribution in [1.29, 1.82) is 0 Å². The van der Waals surface area contributed by atoms with E-state index in [1.807, 2.05) is 6.07 Å². The summed E-state index contributed by atoms with van der Waals surface area (Å²) >= 11 is 6.22. The van der Waals surface area contributed by atoms with E-state index >= 15 is 0 Å². The Morgan fingerprint density at radius 3 is 2.66 bits per heavy atom. The molecule has 1 aliphatic heterocycles. The van der Waals surface area contributed by atoms with Crippen LogP contribution in [-0.2, 0) is 10.2 Å². The fourth-order valence-electron chi connectivity index (χ4n) is 5.03. The van der Waals surface area contributed by atoms with Crippen molar-refractivity contribution in [2.24, 2.45) is 0 Å². The van der Waals surface area contributed by atoms with E-state index in [4.69, 9.17) is 11.6 Å².